The molecule has 0 saturated carbocycles. The van der Waals surface area contributed by atoms with Crippen LogP contribution in [0, 0.1) is 5.82 Å². The quantitative estimate of drug-likeness (QED) is 0.864. The molecular formula is C19H19FO3. The summed E-state index contributed by atoms with van der Waals surface area (Å²) in [7, 11) is 0. The second-order valence-corrected chi connectivity index (χ2v) is 5.67. The predicted octanol–water partition coefficient (Wildman–Crippen LogP) is 3.66. The molecule has 1 fully saturated rings. The van der Waals surface area contributed by atoms with E-state index in [4.69, 9.17) is 9.47 Å². The molecule has 2 aromatic carbocycles. The van der Waals surface area contributed by atoms with Gasteiger partial charge in [-0.3, -0.25) is 4.79 Å². The molecule has 0 N–H and O–H groups in total. The molecule has 3 rings (SSSR count). The zero-order valence-corrected chi connectivity index (χ0v) is 12.8. The van der Waals surface area contributed by atoms with Crippen molar-refractivity contribution in [3.8, 4) is 5.75 Å². The highest BCUT2D eigenvalue weighted by Crippen LogP contribution is 2.26. The van der Waals surface area contributed by atoms with Gasteiger partial charge in [-0.05, 0) is 42.5 Å². The lowest BCUT2D eigenvalue weighted by atomic mass is 9.92. The molecule has 1 saturated heterocycles. The van der Waals surface area contributed by atoms with Crippen LogP contribution in [0.4, 0.5) is 4.39 Å². The molecule has 2 aromatic rings. The van der Waals surface area contributed by atoms with Gasteiger partial charge in [0, 0.05) is 18.8 Å². The lowest BCUT2D eigenvalue weighted by molar-refractivity contribution is 0.0850. The fraction of sp³-hybridized carbons (Fsp3) is 0.316. The predicted molar refractivity (Wildman–Crippen MR) is 86.2 cm³/mol. The number of benzene rings is 1. The molecule has 120 valence electrons. The van der Waals surface area contributed by atoms with E-state index in [1.54, 1.807) is 0 Å². The Labute approximate surface area is 134 Å². The van der Waals surface area contributed by atoms with Crippen molar-refractivity contribution in [2.75, 3.05) is 13.2 Å². The molecule has 1 aliphatic rings. The molecule has 4 heteroatoms. The Morgan fingerprint density at radius 2 is 1.83 bits per heavy atom. The molecule has 0 spiro atoms. The Kier molecular flexibility index (Phi) is 5.03. The Morgan fingerprint density at radius 1 is 1.09 bits per heavy atom. The summed E-state index contributed by atoms with van der Waals surface area (Å²) in [6.07, 6.45) is 1.47. The zero-order valence-electron chi connectivity index (χ0n) is 12.8. The molecule has 0 radical (unpaired) electrons. The van der Waals surface area contributed by atoms with E-state index < -0.39 is 5.82 Å². The van der Waals surface area contributed by atoms with Crippen molar-refractivity contribution < 1.29 is 13.9 Å². The SMILES string of the molecule is O=c1c(OCc2ccccc2)ccc(F)cc1C1CCOCC1. The maximum atomic E-state index is 13.9. The lowest BCUT2D eigenvalue weighted by Crippen LogP contribution is -2.20. The molecule has 1 heterocycles. The summed E-state index contributed by atoms with van der Waals surface area (Å²) in [6.45, 7) is 1.49. The smallest absolute Gasteiger partial charge is 0.223 e. The van der Waals surface area contributed by atoms with Crippen LogP contribution < -0.4 is 10.2 Å². The van der Waals surface area contributed by atoms with Crippen molar-refractivity contribution in [3.05, 3.63) is 75.7 Å². The average molecular weight is 314 g/mol. The van der Waals surface area contributed by atoms with Gasteiger partial charge in [-0.15, -0.1) is 0 Å². The van der Waals surface area contributed by atoms with Crippen molar-refractivity contribution in [2.45, 2.75) is 25.4 Å². The average Bonchev–Trinajstić information content (AvgIpc) is 2.74. The molecule has 0 amide bonds. The number of rotatable bonds is 4. The van der Waals surface area contributed by atoms with Crippen LogP contribution in [0.25, 0.3) is 0 Å². The highest BCUT2D eigenvalue weighted by atomic mass is 19.1. The molecule has 3 nitrogen and oxygen atoms in total. The van der Waals surface area contributed by atoms with Crippen LogP contribution >= 0.6 is 0 Å². The van der Waals surface area contributed by atoms with Gasteiger partial charge in [0.15, 0.2) is 5.75 Å². The van der Waals surface area contributed by atoms with E-state index in [9.17, 15) is 9.18 Å². The molecule has 0 aromatic heterocycles. The van der Waals surface area contributed by atoms with E-state index in [1.807, 2.05) is 30.3 Å². The van der Waals surface area contributed by atoms with E-state index in [0.717, 1.165) is 18.4 Å². The highest BCUT2D eigenvalue weighted by Gasteiger charge is 2.20. The van der Waals surface area contributed by atoms with Gasteiger partial charge in [0.1, 0.15) is 12.4 Å². The van der Waals surface area contributed by atoms with E-state index in [2.05, 4.69) is 0 Å². The minimum absolute atomic E-state index is 0.0252. The Bertz CT molecular complexity index is 709. The number of hydrogen-bond acceptors (Lipinski definition) is 3. The van der Waals surface area contributed by atoms with Crippen LogP contribution in [0.2, 0.25) is 0 Å². The van der Waals surface area contributed by atoms with E-state index in [0.29, 0.717) is 18.8 Å². The first-order chi connectivity index (χ1) is 11.2. The molecule has 1 aliphatic heterocycles. The summed E-state index contributed by atoms with van der Waals surface area (Å²) in [5, 5.41) is 0. The van der Waals surface area contributed by atoms with E-state index >= 15 is 0 Å². The summed E-state index contributed by atoms with van der Waals surface area (Å²) < 4.78 is 24.8. The maximum absolute atomic E-state index is 13.9. The largest absolute Gasteiger partial charge is 0.485 e. The Hall–Kier alpha value is -2.20. The highest BCUT2D eigenvalue weighted by molar-refractivity contribution is 5.31. The van der Waals surface area contributed by atoms with Crippen LogP contribution in [0.15, 0.2) is 53.3 Å². The number of ether oxygens (including phenoxy) is 2. The minimum atomic E-state index is -0.418. The summed E-state index contributed by atoms with van der Waals surface area (Å²) >= 11 is 0. The van der Waals surface area contributed by atoms with Crippen molar-refractivity contribution in [1.82, 2.24) is 0 Å². The Morgan fingerprint density at radius 3 is 2.57 bits per heavy atom. The van der Waals surface area contributed by atoms with Crippen LogP contribution in [0.3, 0.4) is 0 Å². The zero-order chi connectivity index (χ0) is 16.1. The topological polar surface area (TPSA) is 35.5 Å². The van der Waals surface area contributed by atoms with Crippen LogP contribution in [0.1, 0.15) is 29.9 Å². The third-order valence-corrected chi connectivity index (χ3v) is 4.07. The summed E-state index contributed by atoms with van der Waals surface area (Å²) in [5.41, 5.74) is 1.22. The van der Waals surface area contributed by atoms with Gasteiger partial charge in [-0.1, -0.05) is 30.3 Å². The minimum Gasteiger partial charge on any atom is -0.485 e. The summed E-state index contributed by atoms with van der Waals surface area (Å²) in [4.78, 5) is 12.7. The second kappa shape index (κ2) is 7.38. The molecule has 23 heavy (non-hydrogen) atoms. The Balaban J connectivity index is 1.88. The van der Waals surface area contributed by atoms with Gasteiger partial charge in [-0.2, -0.15) is 0 Å². The van der Waals surface area contributed by atoms with Gasteiger partial charge >= 0.3 is 0 Å². The standard InChI is InChI=1S/C19H19FO3/c20-16-6-7-18(23-13-14-4-2-1-3-5-14)19(21)17(12-16)15-8-10-22-11-9-15/h1-7,12,15H,8-11,13H2. The van der Waals surface area contributed by atoms with Crippen LogP contribution in [0.5, 0.6) is 5.75 Å². The van der Waals surface area contributed by atoms with Crippen molar-refractivity contribution in [3.63, 3.8) is 0 Å². The fourth-order valence-corrected chi connectivity index (χ4v) is 2.80. The van der Waals surface area contributed by atoms with Crippen molar-refractivity contribution in [2.24, 2.45) is 0 Å². The molecule has 0 bridgehead atoms. The third-order valence-electron chi connectivity index (χ3n) is 4.07. The number of halogens is 1. The first kappa shape index (κ1) is 15.7. The van der Waals surface area contributed by atoms with Gasteiger partial charge in [0.2, 0.25) is 5.43 Å². The third kappa shape index (κ3) is 3.96. The first-order valence-corrected chi connectivity index (χ1v) is 7.82. The number of hydrogen-bond donors (Lipinski definition) is 0. The molecule has 0 unspecified atom stereocenters. The van der Waals surface area contributed by atoms with Gasteiger partial charge in [-0.25, -0.2) is 4.39 Å². The normalized spacial score (nSPS) is 15.3. The van der Waals surface area contributed by atoms with E-state index in [1.165, 1.54) is 18.2 Å². The molecular weight excluding hydrogens is 295 g/mol. The summed E-state index contributed by atoms with van der Waals surface area (Å²) in [5.74, 6) is -0.199. The lowest BCUT2D eigenvalue weighted by Gasteiger charge is -2.21. The van der Waals surface area contributed by atoms with Gasteiger partial charge in [0.25, 0.3) is 0 Å². The fourth-order valence-electron chi connectivity index (χ4n) is 2.80. The monoisotopic (exact) mass is 314 g/mol. The molecule has 0 aliphatic carbocycles. The van der Waals surface area contributed by atoms with Gasteiger partial charge < -0.3 is 9.47 Å². The van der Waals surface area contributed by atoms with Crippen molar-refractivity contribution >= 4 is 0 Å². The van der Waals surface area contributed by atoms with Crippen LogP contribution in [-0.4, -0.2) is 13.2 Å². The summed E-state index contributed by atoms with van der Waals surface area (Å²) in [6, 6.07) is 13.6. The first-order valence-electron chi connectivity index (χ1n) is 7.82. The molecule has 0 atom stereocenters. The van der Waals surface area contributed by atoms with Crippen LogP contribution in [-0.2, 0) is 11.3 Å². The van der Waals surface area contributed by atoms with E-state index in [-0.39, 0.29) is 23.7 Å². The second-order valence-electron chi connectivity index (χ2n) is 5.67. The maximum Gasteiger partial charge on any atom is 0.223 e. The van der Waals surface area contributed by atoms with Gasteiger partial charge in [0.05, 0.1) is 0 Å². The van der Waals surface area contributed by atoms with Crippen molar-refractivity contribution in [1.29, 1.82) is 0 Å².